The van der Waals surface area contributed by atoms with Crippen molar-refractivity contribution in [3.05, 3.63) is 59.2 Å². The van der Waals surface area contributed by atoms with E-state index in [0.29, 0.717) is 29.1 Å². The lowest BCUT2D eigenvalue weighted by atomic mass is 10.1. The Morgan fingerprint density at radius 1 is 1.03 bits per heavy atom. The summed E-state index contributed by atoms with van der Waals surface area (Å²) < 4.78 is 1.84. The molecule has 6 heteroatoms. The number of hydrogen-bond acceptors (Lipinski definition) is 4. The zero-order chi connectivity index (χ0) is 21.3. The average molecular weight is 402 g/mol. The molecule has 3 N–H and O–H groups in total. The fourth-order valence-electron chi connectivity index (χ4n) is 3.89. The number of aromatic nitrogens is 3. The highest BCUT2D eigenvalue weighted by molar-refractivity contribution is 6.11. The number of para-hydroxylation sites is 2. The Balaban J connectivity index is 1.93. The molecule has 2 aromatic carbocycles. The van der Waals surface area contributed by atoms with E-state index in [2.05, 4.69) is 18.3 Å². The van der Waals surface area contributed by atoms with Gasteiger partial charge in [-0.15, -0.1) is 0 Å². The summed E-state index contributed by atoms with van der Waals surface area (Å²) in [5, 5.41) is 3.00. The summed E-state index contributed by atoms with van der Waals surface area (Å²) in [4.78, 5) is 22.7. The van der Waals surface area contributed by atoms with Gasteiger partial charge in [-0.05, 0) is 55.7 Å². The fourth-order valence-corrected chi connectivity index (χ4v) is 3.89. The summed E-state index contributed by atoms with van der Waals surface area (Å²) >= 11 is 0. The first-order chi connectivity index (χ1) is 14.5. The van der Waals surface area contributed by atoms with Crippen LogP contribution in [-0.4, -0.2) is 27.0 Å². The molecule has 0 unspecified atom stereocenters. The molecule has 30 heavy (non-hydrogen) atoms. The van der Waals surface area contributed by atoms with Crippen molar-refractivity contribution in [3.8, 4) is 5.69 Å². The Morgan fingerprint density at radius 2 is 1.70 bits per heavy atom. The number of carbonyl (C=O) groups excluding carboxylic acids is 1. The number of fused-ring (bicyclic) bond motifs is 2. The molecule has 2 aromatic heterocycles. The molecule has 0 aliphatic rings. The molecule has 0 saturated carbocycles. The maximum atomic E-state index is 13.1. The highest BCUT2D eigenvalue weighted by Crippen LogP contribution is 2.31. The lowest BCUT2D eigenvalue weighted by molar-refractivity contribution is 0.0955. The minimum absolute atomic E-state index is 0.207. The number of rotatable bonds is 6. The molecule has 2 heterocycles. The second-order valence-corrected chi connectivity index (χ2v) is 7.79. The Kier molecular flexibility index (Phi) is 5.40. The third-order valence-corrected chi connectivity index (χ3v) is 5.26. The quantitative estimate of drug-likeness (QED) is 0.459. The monoisotopic (exact) mass is 401 g/mol. The molecule has 0 fully saturated rings. The Bertz CT molecular complexity index is 1220. The number of nitrogens with zero attached hydrogens (tertiary/aromatic N) is 3. The maximum Gasteiger partial charge on any atom is 0.257 e. The van der Waals surface area contributed by atoms with Gasteiger partial charge in [0.25, 0.3) is 5.91 Å². The summed E-state index contributed by atoms with van der Waals surface area (Å²) in [6, 6.07) is 13.9. The van der Waals surface area contributed by atoms with E-state index in [1.807, 2.05) is 54.8 Å². The minimum Gasteiger partial charge on any atom is -0.384 e. The van der Waals surface area contributed by atoms with Crippen molar-refractivity contribution < 1.29 is 4.79 Å². The summed E-state index contributed by atoms with van der Waals surface area (Å²) in [6.45, 7) is 6.84. The van der Waals surface area contributed by atoms with Crippen LogP contribution in [0.5, 0.6) is 0 Å². The zero-order valence-corrected chi connectivity index (χ0v) is 17.7. The van der Waals surface area contributed by atoms with E-state index in [-0.39, 0.29) is 5.91 Å². The standard InChI is InChI=1S/C24H27N5O/c1-4-5-8-11-26-24(30)20-21-23(28-19-10-7-6-9-18(19)27-21)29(22(20)25)17-13-15(2)12-16(3)14-17/h6-7,9-10,12-14H,4-5,8,11,25H2,1-3H3,(H,26,30). The lowest BCUT2D eigenvalue weighted by Gasteiger charge is -2.10. The van der Waals surface area contributed by atoms with E-state index in [4.69, 9.17) is 15.7 Å². The van der Waals surface area contributed by atoms with Gasteiger partial charge in [0.05, 0.1) is 11.0 Å². The molecule has 0 spiro atoms. The fraction of sp³-hybridized carbons (Fsp3) is 0.292. The molecule has 4 aromatic rings. The Morgan fingerprint density at radius 3 is 2.37 bits per heavy atom. The smallest absolute Gasteiger partial charge is 0.257 e. The van der Waals surface area contributed by atoms with E-state index < -0.39 is 0 Å². The van der Waals surface area contributed by atoms with Gasteiger partial charge in [0.2, 0.25) is 0 Å². The van der Waals surface area contributed by atoms with Crippen LogP contribution in [0.2, 0.25) is 0 Å². The molecule has 4 rings (SSSR count). The SMILES string of the molecule is CCCCCNC(=O)c1c(N)n(-c2cc(C)cc(C)c2)c2nc3ccccc3nc12. The van der Waals surface area contributed by atoms with E-state index in [1.54, 1.807) is 0 Å². The summed E-state index contributed by atoms with van der Waals surface area (Å²) in [5.41, 5.74) is 12.7. The van der Waals surface area contributed by atoms with Crippen LogP contribution in [0.4, 0.5) is 5.82 Å². The number of nitrogens with one attached hydrogen (secondary N) is 1. The van der Waals surface area contributed by atoms with Crippen LogP contribution in [0, 0.1) is 13.8 Å². The van der Waals surface area contributed by atoms with Gasteiger partial charge >= 0.3 is 0 Å². The van der Waals surface area contributed by atoms with E-state index in [9.17, 15) is 4.79 Å². The van der Waals surface area contributed by atoms with E-state index in [0.717, 1.165) is 47.1 Å². The van der Waals surface area contributed by atoms with Crippen molar-refractivity contribution in [1.82, 2.24) is 19.9 Å². The van der Waals surface area contributed by atoms with Crippen LogP contribution < -0.4 is 11.1 Å². The number of carbonyl (C=O) groups is 1. The molecular weight excluding hydrogens is 374 g/mol. The predicted octanol–water partition coefficient (Wildman–Crippen LogP) is 4.69. The maximum absolute atomic E-state index is 13.1. The van der Waals surface area contributed by atoms with Gasteiger partial charge in [-0.3, -0.25) is 9.36 Å². The van der Waals surface area contributed by atoms with Gasteiger partial charge < -0.3 is 11.1 Å². The highest BCUT2D eigenvalue weighted by atomic mass is 16.1. The highest BCUT2D eigenvalue weighted by Gasteiger charge is 2.24. The van der Waals surface area contributed by atoms with Crippen LogP contribution in [0.25, 0.3) is 27.9 Å². The van der Waals surface area contributed by atoms with Gasteiger partial charge in [0.15, 0.2) is 5.65 Å². The van der Waals surface area contributed by atoms with Gasteiger partial charge in [0.1, 0.15) is 16.9 Å². The molecule has 6 nitrogen and oxygen atoms in total. The van der Waals surface area contributed by atoms with Crippen molar-refractivity contribution in [1.29, 1.82) is 0 Å². The molecule has 154 valence electrons. The largest absolute Gasteiger partial charge is 0.384 e. The molecule has 0 aliphatic carbocycles. The number of anilines is 1. The Hall–Kier alpha value is -3.41. The summed E-state index contributed by atoms with van der Waals surface area (Å²) in [5.74, 6) is 0.152. The van der Waals surface area contributed by atoms with Crippen molar-refractivity contribution in [2.45, 2.75) is 40.0 Å². The molecule has 0 radical (unpaired) electrons. The molecule has 0 atom stereocenters. The summed E-state index contributed by atoms with van der Waals surface area (Å²) in [6.07, 6.45) is 3.11. The normalized spacial score (nSPS) is 11.3. The Labute approximate surface area is 176 Å². The molecular formula is C24H27N5O. The second-order valence-electron chi connectivity index (χ2n) is 7.79. The third kappa shape index (κ3) is 3.61. The van der Waals surface area contributed by atoms with Crippen LogP contribution in [-0.2, 0) is 0 Å². The number of aryl methyl sites for hydroxylation is 2. The van der Waals surface area contributed by atoms with Crippen LogP contribution in [0.1, 0.15) is 47.7 Å². The first-order valence-corrected chi connectivity index (χ1v) is 10.4. The first kappa shape index (κ1) is 19.9. The molecule has 0 saturated heterocycles. The van der Waals surface area contributed by atoms with Crippen LogP contribution >= 0.6 is 0 Å². The number of unbranched alkanes of at least 4 members (excludes halogenated alkanes) is 2. The van der Waals surface area contributed by atoms with Crippen molar-refractivity contribution in [2.75, 3.05) is 12.3 Å². The first-order valence-electron chi connectivity index (χ1n) is 10.4. The molecule has 0 bridgehead atoms. The number of nitrogens with two attached hydrogens (primary N) is 1. The molecule has 1 amide bonds. The van der Waals surface area contributed by atoms with E-state index >= 15 is 0 Å². The number of hydrogen-bond donors (Lipinski definition) is 2. The van der Waals surface area contributed by atoms with Crippen LogP contribution in [0.3, 0.4) is 0 Å². The summed E-state index contributed by atoms with van der Waals surface area (Å²) in [7, 11) is 0. The predicted molar refractivity (Wildman–Crippen MR) is 122 cm³/mol. The van der Waals surface area contributed by atoms with Crippen LogP contribution in [0.15, 0.2) is 42.5 Å². The van der Waals surface area contributed by atoms with Gasteiger partial charge in [-0.2, -0.15) is 0 Å². The molecule has 0 aliphatic heterocycles. The zero-order valence-electron chi connectivity index (χ0n) is 17.7. The van der Waals surface area contributed by atoms with Crippen molar-refractivity contribution in [3.63, 3.8) is 0 Å². The lowest BCUT2D eigenvalue weighted by Crippen LogP contribution is -2.25. The van der Waals surface area contributed by atoms with Gasteiger partial charge in [-0.1, -0.05) is 38.0 Å². The van der Waals surface area contributed by atoms with Gasteiger partial charge in [-0.25, -0.2) is 9.97 Å². The van der Waals surface area contributed by atoms with Crippen molar-refractivity contribution >= 4 is 33.9 Å². The third-order valence-electron chi connectivity index (χ3n) is 5.26. The number of nitrogen functional groups attached to an aromatic ring is 1. The number of benzene rings is 2. The van der Waals surface area contributed by atoms with E-state index in [1.165, 1.54) is 0 Å². The minimum atomic E-state index is -0.207. The second kappa shape index (κ2) is 8.14. The van der Waals surface area contributed by atoms with Crippen molar-refractivity contribution in [2.24, 2.45) is 0 Å². The average Bonchev–Trinajstić information content (AvgIpc) is 2.99. The number of amides is 1. The van der Waals surface area contributed by atoms with Gasteiger partial charge in [0, 0.05) is 12.2 Å². The topological polar surface area (TPSA) is 85.8 Å².